The molecule has 0 saturated carbocycles. The van der Waals surface area contributed by atoms with E-state index in [-0.39, 0.29) is 10.6 Å². The Labute approximate surface area is 134 Å². The minimum absolute atomic E-state index is 0.0363. The van der Waals surface area contributed by atoms with Gasteiger partial charge in [-0.05, 0) is 47.7 Å². The van der Waals surface area contributed by atoms with E-state index in [4.69, 9.17) is 16.7 Å². The van der Waals surface area contributed by atoms with E-state index < -0.39 is 16.6 Å². The van der Waals surface area contributed by atoms with Gasteiger partial charge in [0, 0.05) is 8.59 Å². The van der Waals surface area contributed by atoms with Crippen LogP contribution in [0.5, 0.6) is 0 Å². The number of nitrogens with zero attached hydrogens (tertiary/aromatic N) is 1. The smallest absolute Gasteiger partial charge is 0.265 e. The van der Waals surface area contributed by atoms with Crippen LogP contribution in [0.25, 0.3) is 0 Å². The van der Waals surface area contributed by atoms with Gasteiger partial charge in [-0.1, -0.05) is 11.6 Å². The topological polar surface area (TPSA) is 95.1 Å². The van der Waals surface area contributed by atoms with Crippen molar-refractivity contribution in [1.29, 1.82) is 0 Å². The molecule has 2 aromatic rings. The van der Waals surface area contributed by atoms with Crippen LogP contribution < -0.4 is 4.72 Å². The zero-order valence-electron chi connectivity index (χ0n) is 10.3. The van der Waals surface area contributed by atoms with Gasteiger partial charge in [0.15, 0.2) is 0 Å². The molecule has 20 heavy (non-hydrogen) atoms. The normalized spacial score (nSPS) is 11.6. The molecular formula is C11H11ClIN3O3S. The second-order valence-corrected chi connectivity index (χ2v) is 7.23. The molecule has 0 fully saturated rings. The molecule has 0 aliphatic carbocycles. The second-order valence-electron chi connectivity index (χ2n) is 4.01. The Bertz CT molecular complexity index is 745. The number of aliphatic hydroxyl groups excluding tert-OH is 1. The van der Waals surface area contributed by atoms with E-state index >= 15 is 0 Å². The maximum absolute atomic E-state index is 12.4. The number of sulfonamides is 1. The fourth-order valence-electron chi connectivity index (χ4n) is 1.70. The van der Waals surface area contributed by atoms with Gasteiger partial charge in [-0.25, -0.2) is 8.42 Å². The molecule has 6 nitrogen and oxygen atoms in total. The molecule has 9 heteroatoms. The molecule has 3 N–H and O–H groups in total. The van der Waals surface area contributed by atoms with Gasteiger partial charge in [-0.15, -0.1) is 0 Å². The molecule has 0 aliphatic rings. The first-order chi connectivity index (χ1) is 9.35. The van der Waals surface area contributed by atoms with Crippen LogP contribution in [0.15, 0.2) is 23.1 Å². The highest BCUT2D eigenvalue weighted by atomic mass is 127. The first kappa shape index (κ1) is 15.5. The third kappa shape index (κ3) is 3.08. The molecule has 1 aromatic heterocycles. The van der Waals surface area contributed by atoms with E-state index in [1.807, 2.05) is 22.6 Å². The first-order valence-electron chi connectivity index (χ1n) is 5.47. The Morgan fingerprint density at radius 3 is 2.80 bits per heavy atom. The van der Waals surface area contributed by atoms with Gasteiger partial charge in [0.25, 0.3) is 10.0 Å². The molecule has 0 amide bonds. The Hall–Kier alpha value is -0.840. The number of aryl methyl sites for hydroxylation is 1. The number of anilines is 1. The van der Waals surface area contributed by atoms with E-state index in [0.717, 1.165) is 0 Å². The number of aliphatic hydroxyl groups is 1. The Kier molecular flexibility index (Phi) is 4.57. The van der Waals surface area contributed by atoms with Crippen molar-refractivity contribution in [3.05, 3.63) is 38.2 Å². The quantitative estimate of drug-likeness (QED) is 0.652. The Morgan fingerprint density at radius 1 is 1.50 bits per heavy atom. The monoisotopic (exact) mass is 427 g/mol. The third-order valence-corrected chi connectivity index (χ3v) is 5.25. The Balaban J connectivity index is 2.43. The summed E-state index contributed by atoms with van der Waals surface area (Å²) < 4.78 is 27.9. The maximum atomic E-state index is 12.4. The van der Waals surface area contributed by atoms with Gasteiger partial charge in [-0.2, -0.15) is 5.10 Å². The van der Waals surface area contributed by atoms with Crippen LogP contribution in [0, 0.1) is 10.5 Å². The highest BCUT2D eigenvalue weighted by Gasteiger charge is 2.24. The summed E-state index contributed by atoms with van der Waals surface area (Å²) in [4.78, 5) is -0.0363. The van der Waals surface area contributed by atoms with Crippen LogP contribution in [0.4, 0.5) is 5.69 Å². The lowest BCUT2D eigenvalue weighted by Crippen LogP contribution is -2.16. The molecule has 0 radical (unpaired) electrons. The molecule has 0 unspecified atom stereocenters. The van der Waals surface area contributed by atoms with Crippen LogP contribution in [0.2, 0.25) is 5.02 Å². The molecule has 0 saturated heterocycles. The van der Waals surface area contributed by atoms with Gasteiger partial charge < -0.3 is 5.11 Å². The fourth-order valence-corrected chi connectivity index (χ4v) is 4.33. The predicted molar refractivity (Wildman–Crippen MR) is 84.2 cm³/mol. The average Bonchev–Trinajstić information content (AvgIpc) is 2.75. The zero-order valence-corrected chi connectivity index (χ0v) is 14.0. The summed E-state index contributed by atoms with van der Waals surface area (Å²) in [7, 11) is -3.83. The molecular weight excluding hydrogens is 417 g/mol. The molecule has 0 atom stereocenters. The molecule has 1 heterocycles. The number of hydrogen-bond donors (Lipinski definition) is 3. The lowest BCUT2D eigenvalue weighted by Gasteiger charge is -2.10. The summed E-state index contributed by atoms with van der Waals surface area (Å²) >= 11 is 7.82. The van der Waals surface area contributed by atoms with E-state index in [9.17, 15) is 8.42 Å². The zero-order chi connectivity index (χ0) is 14.9. The van der Waals surface area contributed by atoms with Crippen molar-refractivity contribution in [2.45, 2.75) is 18.4 Å². The van der Waals surface area contributed by atoms with Crippen LogP contribution in [0.1, 0.15) is 11.4 Å². The minimum Gasteiger partial charge on any atom is -0.390 e. The summed E-state index contributed by atoms with van der Waals surface area (Å²) in [5.41, 5.74) is 0.865. The standard InChI is InChI=1S/C11H11ClIN3O3S/c1-6-11(10(5-17)15-14-6)20(18,19)16-9-3-2-7(12)4-8(9)13/h2-4,16-17H,5H2,1H3,(H,14,15). The number of benzene rings is 1. The molecule has 0 spiro atoms. The van der Waals surface area contributed by atoms with E-state index in [0.29, 0.717) is 20.0 Å². The summed E-state index contributed by atoms with van der Waals surface area (Å²) in [6, 6.07) is 4.82. The number of halogens is 2. The lowest BCUT2D eigenvalue weighted by atomic mass is 10.3. The Morgan fingerprint density at radius 2 is 2.20 bits per heavy atom. The molecule has 1 aromatic carbocycles. The van der Waals surface area contributed by atoms with Crippen LogP contribution in [-0.2, 0) is 16.6 Å². The predicted octanol–water partition coefficient (Wildman–Crippen LogP) is 2.27. The molecule has 0 bridgehead atoms. The van der Waals surface area contributed by atoms with Gasteiger partial charge in [0.1, 0.15) is 10.6 Å². The van der Waals surface area contributed by atoms with Crippen molar-refractivity contribution in [2.75, 3.05) is 4.72 Å². The number of nitrogens with one attached hydrogen (secondary N) is 2. The molecule has 2 rings (SSSR count). The van der Waals surface area contributed by atoms with Gasteiger partial charge in [0.2, 0.25) is 0 Å². The maximum Gasteiger partial charge on any atom is 0.265 e. The fraction of sp³-hybridized carbons (Fsp3) is 0.182. The summed E-state index contributed by atoms with van der Waals surface area (Å²) in [5, 5.41) is 16.0. The van der Waals surface area contributed by atoms with Crippen LogP contribution in [0.3, 0.4) is 0 Å². The van der Waals surface area contributed by atoms with E-state index in [1.165, 1.54) is 0 Å². The minimum atomic E-state index is -3.83. The first-order valence-corrected chi connectivity index (χ1v) is 8.41. The highest BCUT2D eigenvalue weighted by molar-refractivity contribution is 14.1. The largest absolute Gasteiger partial charge is 0.390 e. The van der Waals surface area contributed by atoms with Crippen molar-refractivity contribution in [1.82, 2.24) is 10.2 Å². The number of rotatable bonds is 4. The second kappa shape index (κ2) is 5.88. The van der Waals surface area contributed by atoms with Gasteiger partial charge >= 0.3 is 0 Å². The number of aromatic amines is 1. The van der Waals surface area contributed by atoms with Gasteiger partial charge in [-0.3, -0.25) is 9.82 Å². The summed E-state index contributed by atoms with van der Waals surface area (Å²) in [6.07, 6.45) is 0. The molecule has 108 valence electrons. The average molecular weight is 428 g/mol. The number of hydrogen-bond acceptors (Lipinski definition) is 4. The summed E-state index contributed by atoms with van der Waals surface area (Å²) in [5.74, 6) is 0. The number of H-pyrrole nitrogens is 1. The summed E-state index contributed by atoms with van der Waals surface area (Å²) in [6.45, 7) is 1.12. The van der Waals surface area contributed by atoms with Crippen molar-refractivity contribution < 1.29 is 13.5 Å². The number of aromatic nitrogens is 2. The van der Waals surface area contributed by atoms with E-state index in [2.05, 4.69) is 14.9 Å². The van der Waals surface area contributed by atoms with Crippen LogP contribution >= 0.6 is 34.2 Å². The van der Waals surface area contributed by atoms with Crippen LogP contribution in [-0.4, -0.2) is 23.7 Å². The van der Waals surface area contributed by atoms with Crippen molar-refractivity contribution >= 4 is 49.9 Å². The molecule has 0 aliphatic heterocycles. The third-order valence-electron chi connectivity index (χ3n) is 2.56. The van der Waals surface area contributed by atoms with Crippen molar-refractivity contribution in [2.24, 2.45) is 0 Å². The lowest BCUT2D eigenvalue weighted by molar-refractivity contribution is 0.273. The van der Waals surface area contributed by atoms with Crippen molar-refractivity contribution in [3.63, 3.8) is 0 Å². The van der Waals surface area contributed by atoms with Gasteiger partial charge in [0.05, 0.1) is 18.0 Å². The van der Waals surface area contributed by atoms with Crippen molar-refractivity contribution in [3.8, 4) is 0 Å². The SMILES string of the molecule is Cc1[nH]nc(CO)c1S(=O)(=O)Nc1ccc(Cl)cc1I. The highest BCUT2D eigenvalue weighted by Crippen LogP contribution is 2.26. The van der Waals surface area contributed by atoms with E-state index in [1.54, 1.807) is 25.1 Å².